The molecule has 41 heavy (non-hydrogen) atoms. The lowest BCUT2D eigenvalue weighted by Crippen LogP contribution is -2.45. The number of nitrogens with zero attached hydrogens (tertiary/aromatic N) is 1. The van der Waals surface area contributed by atoms with Crippen LogP contribution >= 0.6 is 35.6 Å². The molecule has 2 heterocycles. The highest BCUT2D eigenvalue weighted by Gasteiger charge is 2.40. The number of amides is 1. The number of aromatic amines is 1. The van der Waals surface area contributed by atoms with Crippen LogP contribution in [0.15, 0.2) is 96.0 Å². The molecule has 5 aromatic rings. The third kappa shape index (κ3) is 5.72. The van der Waals surface area contributed by atoms with Crippen molar-refractivity contribution in [2.45, 2.75) is 19.1 Å². The molecule has 1 saturated heterocycles. The van der Waals surface area contributed by atoms with Gasteiger partial charge < -0.3 is 14.8 Å². The fourth-order valence-electron chi connectivity index (χ4n) is 4.87. The summed E-state index contributed by atoms with van der Waals surface area (Å²) in [5.74, 6) is -0.762. The number of rotatable bonds is 8. The summed E-state index contributed by atoms with van der Waals surface area (Å²) >= 11 is 12.6. The highest BCUT2D eigenvalue weighted by molar-refractivity contribution is 8.26. The van der Waals surface area contributed by atoms with E-state index < -0.39 is 17.9 Å². The number of ether oxygens (including phenoxy) is 1. The van der Waals surface area contributed by atoms with Crippen LogP contribution in [0.2, 0.25) is 5.02 Å². The number of para-hydroxylation sites is 1. The summed E-state index contributed by atoms with van der Waals surface area (Å²) in [7, 11) is 0. The van der Waals surface area contributed by atoms with E-state index in [9.17, 15) is 14.7 Å². The number of carboxylic acid groups (broad SMARTS) is 1. The molecule has 204 valence electrons. The van der Waals surface area contributed by atoms with Crippen molar-refractivity contribution in [2.75, 3.05) is 0 Å². The van der Waals surface area contributed by atoms with Gasteiger partial charge in [-0.15, -0.1) is 0 Å². The van der Waals surface area contributed by atoms with Crippen LogP contribution in [-0.4, -0.2) is 37.2 Å². The SMILES string of the molecule is O=C(O)C(Cc1c[nH]c2ccccc12)N1C(=O)/C(=C/c2ccc3cc(OCc4ccc(Cl)cc4)ccc3c2)SC1=S. The van der Waals surface area contributed by atoms with E-state index in [-0.39, 0.29) is 10.7 Å². The molecule has 9 heteroatoms. The van der Waals surface area contributed by atoms with Gasteiger partial charge in [-0.25, -0.2) is 4.79 Å². The number of halogens is 1. The second-order valence-electron chi connectivity index (χ2n) is 9.65. The van der Waals surface area contributed by atoms with Gasteiger partial charge in [-0.1, -0.05) is 84.1 Å². The van der Waals surface area contributed by atoms with Gasteiger partial charge in [0.05, 0.1) is 4.91 Å². The van der Waals surface area contributed by atoms with Crippen LogP contribution in [0.4, 0.5) is 0 Å². The van der Waals surface area contributed by atoms with Crippen molar-refractivity contribution in [3.05, 3.63) is 118 Å². The Morgan fingerprint density at radius 2 is 1.80 bits per heavy atom. The number of nitrogens with one attached hydrogen (secondary N) is 1. The van der Waals surface area contributed by atoms with Crippen molar-refractivity contribution in [1.82, 2.24) is 9.88 Å². The van der Waals surface area contributed by atoms with Gasteiger partial charge in [0.15, 0.2) is 0 Å². The fourth-order valence-corrected chi connectivity index (χ4v) is 6.35. The van der Waals surface area contributed by atoms with E-state index in [0.717, 1.165) is 55.9 Å². The van der Waals surface area contributed by atoms with Gasteiger partial charge >= 0.3 is 5.97 Å². The van der Waals surface area contributed by atoms with E-state index in [4.69, 9.17) is 28.6 Å². The van der Waals surface area contributed by atoms with Crippen LogP contribution in [-0.2, 0) is 22.6 Å². The highest BCUT2D eigenvalue weighted by atomic mass is 35.5. The minimum Gasteiger partial charge on any atom is -0.489 e. The second kappa shape index (κ2) is 11.4. The van der Waals surface area contributed by atoms with Crippen molar-refractivity contribution in [1.29, 1.82) is 0 Å². The van der Waals surface area contributed by atoms with Gasteiger partial charge in [0.1, 0.15) is 22.7 Å². The first-order valence-corrected chi connectivity index (χ1v) is 14.4. The van der Waals surface area contributed by atoms with Crippen LogP contribution in [0.3, 0.4) is 0 Å². The molecule has 1 amide bonds. The van der Waals surface area contributed by atoms with Crippen molar-refractivity contribution in [3.63, 3.8) is 0 Å². The van der Waals surface area contributed by atoms with Crippen molar-refractivity contribution < 1.29 is 19.4 Å². The number of H-pyrrole nitrogens is 1. The maximum Gasteiger partial charge on any atom is 0.327 e. The quantitative estimate of drug-likeness (QED) is 0.143. The smallest absolute Gasteiger partial charge is 0.327 e. The average molecular weight is 599 g/mol. The highest BCUT2D eigenvalue weighted by Crippen LogP contribution is 2.36. The standard InChI is InChI=1S/C32H23ClN2O4S2/c33-24-10-6-19(7-11-24)18-39-25-12-9-21-13-20(5-8-22(21)15-25)14-29-30(36)35(32(40)41-29)28(31(37)38)16-23-17-34-27-4-2-1-3-26(23)27/h1-15,17,28,34H,16,18H2,(H,37,38)/b29-14-. The Labute approximate surface area is 250 Å². The molecular weight excluding hydrogens is 576 g/mol. The van der Waals surface area contributed by atoms with E-state index in [1.54, 1.807) is 12.3 Å². The summed E-state index contributed by atoms with van der Waals surface area (Å²) in [5, 5.41) is 13.6. The Hall–Kier alpha value is -4.11. The van der Waals surface area contributed by atoms with Gasteiger partial charge in [-0.3, -0.25) is 9.69 Å². The Balaban J connectivity index is 1.19. The molecule has 0 spiro atoms. The van der Waals surface area contributed by atoms with Crippen LogP contribution in [0.1, 0.15) is 16.7 Å². The molecule has 1 aliphatic heterocycles. The number of thioether (sulfide) groups is 1. The van der Waals surface area contributed by atoms with Crippen molar-refractivity contribution in [2.24, 2.45) is 0 Å². The van der Waals surface area contributed by atoms with Gasteiger partial charge in [-0.05, 0) is 69.9 Å². The van der Waals surface area contributed by atoms with E-state index in [1.807, 2.05) is 84.9 Å². The number of benzene rings is 4. The molecular formula is C32H23ClN2O4S2. The number of aliphatic carboxylic acids is 1. The summed E-state index contributed by atoms with van der Waals surface area (Å²) in [5.41, 5.74) is 3.57. The maximum atomic E-state index is 13.4. The molecule has 1 fully saturated rings. The van der Waals surface area contributed by atoms with Crippen LogP contribution < -0.4 is 4.74 Å². The van der Waals surface area contributed by atoms with Crippen LogP contribution in [0, 0.1) is 0 Å². The lowest BCUT2D eigenvalue weighted by atomic mass is 10.0. The number of thiocarbonyl (C=S) groups is 1. The zero-order valence-corrected chi connectivity index (χ0v) is 23.9. The topological polar surface area (TPSA) is 82.6 Å². The predicted molar refractivity (Wildman–Crippen MR) is 168 cm³/mol. The first-order valence-electron chi connectivity index (χ1n) is 12.8. The first-order chi connectivity index (χ1) is 19.9. The normalized spacial score (nSPS) is 15.2. The maximum absolute atomic E-state index is 13.4. The second-order valence-corrected chi connectivity index (χ2v) is 11.8. The number of carboxylic acids is 1. The summed E-state index contributed by atoms with van der Waals surface area (Å²) in [6.45, 7) is 0.431. The average Bonchev–Trinajstić information content (AvgIpc) is 3.50. The van der Waals surface area contributed by atoms with E-state index in [0.29, 0.717) is 16.5 Å². The Morgan fingerprint density at radius 1 is 1.05 bits per heavy atom. The van der Waals surface area contributed by atoms with Gasteiger partial charge in [-0.2, -0.15) is 0 Å². The van der Waals surface area contributed by atoms with E-state index >= 15 is 0 Å². The molecule has 0 bridgehead atoms. The number of carbonyl (C=O) groups is 2. The number of carbonyl (C=O) groups excluding carboxylic acids is 1. The summed E-state index contributed by atoms with van der Waals surface area (Å²) in [6, 6.07) is 25.8. The first kappa shape index (κ1) is 27.1. The molecule has 1 aromatic heterocycles. The molecule has 0 saturated carbocycles. The minimum atomic E-state index is -1.12. The number of aromatic nitrogens is 1. The summed E-state index contributed by atoms with van der Waals surface area (Å²) in [6.07, 6.45) is 3.68. The predicted octanol–water partition coefficient (Wildman–Crippen LogP) is 7.45. The molecule has 6 rings (SSSR count). The molecule has 1 atom stereocenters. The zero-order valence-electron chi connectivity index (χ0n) is 21.5. The summed E-state index contributed by atoms with van der Waals surface area (Å²) in [4.78, 5) is 30.5. The summed E-state index contributed by atoms with van der Waals surface area (Å²) < 4.78 is 6.18. The molecule has 0 aliphatic carbocycles. The monoisotopic (exact) mass is 598 g/mol. The van der Waals surface area contributed by atoms with Crippen LogP contribution in [0.25, 0.3) is 27.8 Å². The van der Waals surface area contributed by atoms with Crippen LogP contribution in [0.5, 0.6) is 5.75 Å². The van der Waals surface area contributed by atoms with Gasteiger partial charge in [0, 0.05) is 28.5 Å². The lowest BCUT2D eigenvalue weighted by molar-refractivity contribution is -0.145. The number of hydrogen-bond acceptors (Lipinski definition) is 5. The molecule has 6 nitrogen and oxygen atoms in total. The van der Waals surface area contributed by atoms with Crippen molar-refractivity contribution >= 4 is 79.5 Å². The third-order valence-electron chi connectivity index (χ3n) is 6.96. The Kier molecular flexibility index (Phi) is 7.53. The van der Waals surface area contributed by atoms with Crippen molar-refractivity contribution in [3.8, 4) is 5.75 Å². The number of fused-ring (bicyclic) bond motifs is 2. The Morgan fingerprint density at radius 3 is 2.61 bits per heavy atom. The molecule has 1 aliphatic rings. The molecule has 4 aromatic carbocycles. The third-order valence-corrected chi connectivity index (χ3v) is 8.54. The van der Waals surface area contributed by atoms with E-state index in [1.165, 1.54) is 4.90 Å². The minimum absolute atomic E-state index is 0.136. The Bertz CT molecular complexity index is 1850. The molecule has 2 N–H and O–H groups in total. The number of hydrogen-bond donors (Lipinski definition) is 2. The molecule has 1 unspecified atom stereocenters. The van der Waals surface area contributed by atoms with Gasteiger partial charge in [0.2, 0.25) is 0 Å². The zero-order chi connectivity index (χ0) is 28.5. The molecule has 0 radical (unpaired) electrons. The largest absolute Gasteiger partial charge is 0.489 e. The fraction of sp³-hybridized carbons (Fsp3) is 0.0938. The van der Waals surface area contributed by atoms with E-state index in [2.05, 4.69) is 4.98 Å². The van der Waals surface area contributed by atoms with Gasteiger partial charge in [0.25, 0.3) is 5.91 Å². The lowest BCUT2D eigenvalue weighted by Gasteiger charge is -2.23.